The predicted molar refractivity (Wildman–Crippen MR) is 99.7 cm³/mol. The molecule has 0 saturated carbocycles. The first-order valence-corrected chi connectivity index (χ1v) is 10.4. The van der Waals surface area contributed by atoms with Crippen LogP contribution in [0.2, 0.25) is 0 Å². The molecular formula is C14H24MgN2O8S2. The summed E-state index contributed by atoms with van der Waals surface area (Å²) in [5.41, 5.74) is 0.547. The van der Waals surface area contributed by atoms with Crippen molar-refractivity contribution >= 4 is 55.1 Å². The van der Waals surface area contributed by atoms with E-state index in [9.17, 15) is 35.5 Å². The monoisotopic (exact) mass is 436 g/mol. The van der Waals surface area contributed by atoms with E-state index in [1.165, 1.54) is 27.7 Å². The number of rotatable bonds is 8. The zero-order chi connectivity index (χ0) is 21.3. The van der Waals surface area contributed by atoms with Gasteiger partial charge in [-0.05, 0) is 27.7 Å². The predicted octanol–water partition coefficient (Wildman–Crippen LogP) is -1.16. The third-order valence-corrected chi connectivity index (χ3v) is 4.25. The van der Waals surface area contributed by atoms with Gasteiger partial charge in [0.05, 0.1) is 31.7 Å². The SMILES string of the molecule is C=C(C)C(=O)NC(C)CS(=O)(=O)[O-].C=C(C)C(=O)NC(C)CS(=O)(=O)[O-].[Mg+2]. The molecular weight excluding hydrogens is 413 g/mol. The van der Waals surface area contributed by atoms with E-state index >= 15 is 0 Å². The average Bonchev–Trinajstić information content (AvgIpc) is 2.33. The molecule has 0 aromatic heterocycles. The summed E-state index contributed by atoms with van der Waals surface area (Å²) < 4.78 is 61.6. The second kappa shape index (κ2) is 13.2. The van der Waals surface area contributed by atoms with Gasteiger partial charge in [-0.2, -0.15) is 0 Å². The zero-order valence-electron chi connectivity index (χ0n) is 15.8. The second-order valence-corrected chi connectivity index (χ2v) is 8.66. The third kappa shape index (κ3) is 21.2. The Kier molecular flexibility index (Phi) is 15.1. The molecule has 0 aromatic carbocycles. The van der Waals surface area contributed by atoms with Gasteiger partial charge >= 0.3 is 23.1 Å². The summed E-state index contributed by atoms with van der Waals surface area (Å²) in [7, 11) is -8.58. The number of hydrogen-bond donors (Lipinski definition) is 2. The first-order chi connectivity index (χ1) is 11.4. The van der Waals surface area contributed by atoms with E-state index in [0.717, 1.165) is 0 Å². The summed E-state index contributed by atoms with van der Waals surface area (Å²) in [6.45, 7) is 12.6. The molecule has 0 bridgehead atoms. The standard InChI is InChI=1S/2C7H13NO4S.Mg/c2*1-5(2)7(9)8-6(3)4-13(10,11)12;/h2*6H,1,4H2,2-3H3,(H,8,9)(H,10,11,12);/q;;+2/p-2. The van der Waals surface area contributed by atoms with Crippen molar-refractivity contribution in [1.29, 1.82) is 0 Å². The summed E-state index contributed by atoms with van der Waals surface area (Å²) in [6, 6.07) is -1.38. The van der Waals surface area contributed by atoms with Crippen LogP contribution in [-0.2, 0) is 29.8 Å². The van der Waals surface area contributed by atoms with Crippen molar-refractivity contribution in [1.82, 2.24) is 10.6 Å². The van der Waals surface area contributed by atoms with Crippen LogP contribution in [0.3, 0.4) is 0 Å². The van der Waals surface area contributed by atoms with Crippen LogP contribution in [-0.4, -0.2) is 84.4 Å². The van der Waals surface area contributed by atoms with Crippen LogP contribution in [0.4, 0.5) is 0 Å². The first-order valence-electron chi connectivity index (χ1n) is 7.24. The van der Waals surface area contributed by atoms with Crippen molar-refractivity contribution in [2.75, 3.05) is 11.5 Å². The van der Waals surface area contributed by atoms with Gasteiger partial charge in [0, 0.05) is 23.2 Å². The molecule has 27 heavy (non-hydrogen) atoms. The number of nitrogens with one attached hydrogen (secondary N) is 2. The van der Waals surface area contributed by atoms with Crippen molar-refractivity contribution in [3.05, 3.63) is 24.3 Å². The molecule has 2 amide bonds. The van der Waals surface area contributed by atoms with Gasteiger partial charge in [0.25, 0.3) is 0 Å². The Balaban J connectivity index is -0.000000411. The molecule has 2 unspecified atom stereocenters. The van der Waals surface area contributed by atoms with Crippen molar-refractivity contribution in [3.63, 3.8) is 0 Å². The fourth-order valence-corrected chi connectivity index (χ4v) is 2.78. The van der Waals surface area contributed by atoms with E-state index in [0.29, 0.717) is 0 Å². The van der Waals surface area contributed by atoms with Crippen LogP contribution >= 0.6 is 0 Å². The Labute approximate surface area is 176 Å². The molecule has 0 heterocycles. The van der Waals surface area contributed by atoms with Crippen molar-refractivity contribution < 1.29 is 35.5 Å². The van der Waals surface area contributed by atoms with E-state index in [1.807, 2.05) is 0 Å². The van der Waals surface area contributed by atoms with Gasteiger partial charge in [-0.1, -0.05) is 13.2 Å². The molecule has 0 radical (unpaired) electrons. The number of amides is 2. The van der Waals surface area contributed by atoms with Gasteiger partial charge in [-0.15, -0.1) is 0 Å². The summed E-state index contributed by atoms with van der Waals surface area (Å²) in [5, 5.41) is 4.64. The topological polar surface area (TPSA) is 173 Å². The maximum absolute atomic E-state index is 10.9. The van der Waals surface area contributed by atoms with Crippen LogP contribution in [0.1, 0.15) is 27.7 Å². The Hall–Kier alpha value is -0.994. The van der Waals surface area contributed by atoms with Crippen LogP contribution in [0.25, 0.3) is 0 Å². The van der Waals surface area contributed by atoms with E-state index in [-0.39, 0.29) is 34.2 Å². The molecule has 0 rings (SSSR count). The molecule has 0 aliphatic rings. The normalized spacial score (nSPS) is 13.0. The van der Waals surface area contributed by atoms with E-state index < -0.39 is 55.6 Å². The number of carbonyl (C=O) groups is 2. The summed E-state index contributed by atoms with van der Waals surface area (Å²) in [6.07, 6.45) is 0. The quantitative estimate of drug-likeness (QED) is 0.272. The maximum atomic E-state index is 10.9. The molecule has 0 aliphatic heterocycles. The molecule has 2 atom stereocenters. The van der Waals surface area contributed by atoms with Gasteiger partial charge in [0.1, 0.15) is 0 Å². The molecule has 0 aromatic rings. The largest absolute Gasteiger partial charge is 2.00 e. The van der Waals surface area contributed by atoms with Crippen molar-refractivity contribution in [2.45, 2.75) is 39.8 Å². The van der Waals surface area contributed by atoms with Crippen LogP contribution in [0.15, 0.2) is 24.3 Å². The summed E-state index contributed by atoms with van der Waals surface area (Å²) in [5.74, 6) is -2.11. The van der Waals surface area contributed by atoms with Gasteiger partial charge in [-0.3, -0.25) is 9.59 Å². The Bertz CT molecular complexity index is 683. The molecule has 10 nitrogen and oxygen atoms in total. The number of carbonyl (C=O) groups excluding carboxylic acids is 2. The number of hydrogen-bond acceptors (Lipinski definition) is 8. The Morgan fingerprint density at radius 1 is 0.815 bits per heavy atom. The first kappa shape index (κ1) is 30.7. The van der Waals surface area contributed by atoms with Crippen LogP contribution < -0.4 is 10.6 Å². The minimum absolute atomic E-state index is 0. The Morgan fingerprint density at radius 2 is 1.04 bits per heavy atom. The van der Waals surface area contributed by atoms with Gasteiger partial charge in [0.15, 0.2) is 0 Å². The fraction of sp³-hybridized carbons (Fsp3) is 0.571. The fourth-order valence-electron chi connectivity index (χ4n) is 1.39. The summed E-state index contributed by atoms with van der Waals surface area (Å²) >= 11 is 0. The van der Waals surface area contributed by atoms with Crippen molar-refractivity contribution in [3.8, 4) is 0 Å². The molecule has 0 aliphatic carbocycles. The van der Waals surface area contributed by atoms with Gasteiger partial charge in [-0.25, -0.2) is 16.8 Å². The maximum Gasteiger partial charge on any atom is 2.00 e. The van der Waals surface area contributed by atoms with Gasteiger partial charge < -0.3 is 19.7 Å². The van der Waals surface area contributed by atoms with E-state index in [4.69, 9.17) is 0 Å². The molecule has 0 fully saturated rings. The van der Waals surface area contributed by atoms with E-state index in [1.54, 1.807) is 0 Å². The van der Waals surface area contributed by atoms with Crippen molar-refractivity contribution in [2.24, 2.45) is 0 Å². The third-order valence-electron chi connectivity index (χ3n) is 2.44. The van der Waals surface area contributed by atoms with Gasteiger partial charge in [0.2, 0.25) is 11.8 Å². The molecule has 0 saturated heterocycles. The minimum Gasteiger partial charge on any atom is -0.748 e. The van der Waals surface area contributed by atoms with Crippen LogP contribution in [0, 0.1) is 0 Å². The molecule has 152 valence electrons. The molecule has 2 N–H and O–H groups in total. The average molecular weight is 437 g/mol. The molecule has 13 heteroatoms. The smallest absolute Gasteiger partial charge is 0.748 e. The molecule has 0 spiro atoms. The minimum atomic E-state index is -4.29. The zero-order valence-corrected chi connectivity index (χ0v) is 18.8. The Morgan fingerprint density at radius 3 is 1.19 bits per heavy atom. The second-order valence-electron chi connectivity index (χ2n) is 5.76. The van der Waals surface area contributed by atoms with Crippen LogP contribution in [0.5, 0.6) is 0 Å². The summed E-state index contributed by atoms with van der Waals surface area (Å²) in [4.78, 5) is 21.9. The van der Waals surface area contributed by atoms with E-state index in [2.05, 4.69) is 23.8 Å².